The van der Waals surface area contributed by atoms with E-state index in [1.165, 1.54) is 23.2 Å². The first-order valence-corrected chi connectivity index (χ1v) is 13.4. The normalized spacial score (nSPS) is 24.0. The first-order valence-electron chi connectivity index (χ1n) is 10.4. The van der Waals surface area contributed by atoms with E-state index in [4.69, 9.17) is 16.3 Å². The van der Waals surface area contributed by atoms with Crippen LogP contribution in [-0.2, 0) is 16.6 Å². The van der Waals surface area contributed by atoms with Crippen LogP contribution in [0.25, 0.3) is 10.2 Å². The molecule has 2 unspecified atom stereocenters. The van der Waals surface area contributed by atoms with Crippen LogP contribution >= 0.6 is 22.9 Å². The van der Waals surface area contributed by atoms with E-state index in [0.717, 1.165) is 48.2 Å². The molecule has 2 saturated heterocycles. The lowest BCUT2D eigenvalue weighted by molar-refractivity contribution is 0.207. The van der Waals surface area contributed by atoms with E-state index in [1.807, 2.05) is 42.5 Å². The number of hydrogen-bond donors (Lipinski definition) is 1. The summed E-state index contributed by atoms with van der Waals surface area (Å²) in [5, 5.41) is 4.87. The van der Waals surface area contributed by atoms with Crippen LogP contribution in [-0.4, -0.2) is 42.1 Å². The van der Waals surface area contributed by atoms with Gasteiger partial charge in [-0.3, -0.25) is 0 Å². The number of fused-ring (bicyclic) bond motifs is 3. The van der Waals surface area contributed by atoms with Crippen molar-refractivity contribution in [1.29, 1.82) is 0 Å². The number of halogens is 1. The van der Waals surface area contributed by atoms with Gasteiger partial charge in [-0.2, -0.15) is 4.31 Å². The van der Waals surface area contributed by atoms with E-state index in [1.54, 1.807) is 4.31 Å². The topological polar surface area (TPSA) is 71.5 Å². The molecule has 2 bridgehead atoms. The fourth-order valence-electron chi connectivity index (χ4n) is 4.80. The molecule has 0 aliphatic carbocycles. The van der Waals surface area contributed by atoms with Crippen molar-refractivity contribution in [3.05, 3.63) is 53.1 Å². The number of hydrogen-bond acceptors (Lipinski definition) is 6. The molecule has 3 heterocycles. The third-order valence-corrected chi connectivity index (χ3v) is 8.61. The summed E-state index contributed by atoms with van der Waals surface area (Å²) in [6, 6.07) is 14.3. The maximum absolute atomic E-state index is 12.0. The van der Waals surface area contributed by atoms with Crippen molar-refractivity contribution in [3.63, 3.8) is 0 Å². The zero-order chi connectivity index (χ0) is 21.6. The summed E-state index contributed by atoms with van der Waals surface area (Å²) >= 11 is 7.52. The van der Waals surface area contributed by atoms with Gasteiger partial charge in [0, 0.05) is 29.7 Å². The van der Waals surface area contributed by atoms with Crippen molar-refractivity contribution in [2.24, 2.45) is 0 Å². The highest BCUT2D eigenvalue weighted by atomic mass is 35.5. The summed E-state index contributed by atoms with van der Waals surface area (Å²) in [6.45, 7) is 0.753. The van der Waals surface area contributed by atoms with E-state index in [9.17, 15) is 8.42 Å². The fourth-order valence-corrected chi connectivity index (χ4v) is 7.25. The van der Waals surface area contributed by atoms with Crippen LogP contribution in [0.15, 0.2) is 42.5 Å². The second-order valence-corrected chi connectivity index (χ2v) is 11.7. The summed E-state index contributed by atoms with van der Waals surface area (Å²) in [6.07, 6.45) is 5.04. The third kappa shape index (κ3) is 4.59. The Kier molecular flexibility index (Phi) is 5.68. The summed E-state index contributed by atoms with van der Waals surface area (Å²) in [4.78, 5) is 4.48. The number of rotatable bonds is 6. The summed E-state index contributed by atoms with van der Waals surface area (Å²) in [7, 11) is -3.11. The van der Waals surface area contributed by atoms with Gasteiger partial charge in [0.2, 0.25) is 10.0 Å². The Balaban J connectivity index is 1.17. The van der Waals surface area contributed by atoms with Crippen LogP contribution in [0, 0.1) is 0 Å². The predicted molar refractivity (Wildman–Crippen MR) is 125 cm³/mol. The molecule has 1 aromatic heterocycles. The van der Waals surface area contributed by atoms with Gasteiger partial charge in [0.25, 0.3) is 5.19 Å². The summed E-state index contributed by atoms with van der Waals surface area (Å²) in [5.74, 6) is 0.744. The highest BCUT2D eigenvalue weighted by molar-refractivity contribution is 7.88. The van der Waals surface area contributed by atoms with Crippen LogP contribution in [0.2, 0.25) is 5.02 Å². The van der Waals surface area contributed by atoms with E-state index in [-0.39, 0.29) is 12.1 Å². The van der Waals surface area contributed by atoms with Gasteiger partial charge in [0.15, 0.2) is 0 Å². The largest absolute Gasteiger partial charge is 0.431 e. The van der Waals surface area contributed by atoms with E-state index >= 15 is 0 Å². The minimum Gasteiger partial charge on any atom is -0.431 e. The van der Waals surface area contributed by atoms with Gasteiger partial charge in [0.05, 0.1) is 16.5 Å². The van der Waals surface area contributed by atoms with Crippen LogP contribution < -0.4 is 10.1 Å². The quantitative estimate of drug-likeness (QED) is 0.552. The molecule has 0 spiro atoms. The van der Waals surface area contributed by atoms with Crippen molar-refractivity contribution in [1.82, 2.24) is 14.6 Å². The van der Waals surface area contributed by atoms with Crippen LogP contribution in [0.4, 0.5) is 0 Å². The van der Waals surface area contributed by atoms with Crippen LogP contribution in [0.5, 0.6) is 10.9 Å². The Hall–Kier alpha value is -1.71. The predicted octanol–water partition coefficient (Wildman–Crippen LogP) is 4.79. The number of benzene rings is 2. The second kappa shape index (κ2) is 8.33. The molecule has 6 nitrogen and oxygen atoms in total. The Morgan fingerprint density at radius 3 is 2.55 bits per heavy atom. The number of piperidine rings is 1. The molecule has 2 aromatic carbocycles. The zero-order valence-electron chi connectivity index (χ0n) is 17.1. The zero-order valence-corrected chi connectivity index (χ0v) is 19.5. The van der Waals surface area contributed by atoms with Crippen molar-refractivity contribution in [3.8, 4) is 10.9 Å². The molecule has 0 amide bonds. The molecule has 2 aliphatic heterocycles. The molecule has 2 fully saturated rings. The van der Waals surface area contributed by atoms with E-state index < -0.39 is 10.0 Å². The van der Waals surface area contributed by atoms with Crippen molar-refractivity contribution in [2.75, 3.05) is 6.26 Å². The molecule has 164 valence electrons. The maximum Gasteiger partial charge on any atom is 0.279 e. The van der Waals surface area contributed by atoms with Crippen LogP contribution in [0.1, 0.15) is 31.2 Å². The fraction of sp³-hybridized carbons (Fsp3) is 0.409. The molecule has 1 N–H and O–H groups in total. The Labute approximate surface area is 191 Å². The van der Waals surface area contributed by atoms with Gasteiger partial charge in [-0.15, -0.1) is 0 Å². The lowest BCUT2D eigenvalue weighted by Gasteiger charge is -2.37. The molecule has 0 radical (unpaired) electrons. The lowest BCUT2D eigenvalue weighted by atomic mass is 9.99. The number of ether oxygens (including phenoxy) is 1. The van der Waals surface area contributed by atoms with Gasteiger partial charge in [-0.1, -0.05) is 35.1 Å². The van der Waals surface area contributed by atoms with Gasteiger partial charge in [0.1, 0.15) is 5.75 Å². The number of nitrogens with zero attached hydrogens (tertiary/aromatic N) is 2. The molecule has 9 heteroatoms. The number of aromatic nitrogens is 1. The smallest absolute Gasteiger partial charge is 0.279 e. The maximum atomic E-state index is 12.0. The molecular weight excluding hydrogens is 454 g/mol. The van der Waals surface area contributed by atoms with Crippen molar-refractivity contribution in [2.45, 2.75) is 50.4 Å². The average Bonchev–Trinajstić information content (AvgIpc) is 3.24. The average molecular weight is 478 g/mol. The van der Waals surface area contributed by atoms with Gasteiger partial charge < -0.3 is 10.1 Å². The van der Waals surface area contributed by atoms with Crippen molar-refractivity contribution >= 4 is 43.2 Å². The summed E-state index contributed by atoms with van der Waals surface area (Å²) < 4.78 is 32.8. The molecule has 5 rings (SSSR count). The van der Waals surface area contributed by atoms with Gasteiger partial charge in [-0.05, 0) is 61.6 Å². The highest BCUT2D eigenvalue weighted by Crippen LogP contribution is 2.37. The molecule has 31 heavy (non-hydrogen) atoms. The molecule has 0 saturated carbocycles. The monoisotopic (exact) mass is 477 g/mol. The summed E-state index contributed by atoms with van der Waals surface area (Å²) in [5.41, 5.74) is 2.01. The number of nitrogens with one attached hydrogen (secondary N) is 1. The first kappa shape index (κ1) is 21.2. The number of sulfonamides is 1. The van der Waals surface area contributed by atoms with E-state index in [2.05, 4.69) is 10.3 Å². The minimum atomic E-state index is -3.11. The molecule has 3 aromatic rings. The molecule has 2 atom stereocenters. The second-order valence-electron chi connectivity index (χ2n) is 8.36. The van der Waals surface area contributed by atoms with Crippen LogP contribution in [0.3, 0.4) is 0 Å². The Morgan fingerprint density at radius 2 is 1.87 bits per heavy atom. The molecule has 2 aliphatic rings. The van der Waals surface area contributed by atoms with Gasteiger partial charge >= 0.3 is 0 Å². The third-order valence-electron chi connectivity index (χ3n) is 6.10. The Bertz CT molecular complexity index is 1180. The van der Waals surface area contributed by atoms with Gasteiger partial charge in [-0.25, -0.2) is 13.4 Å². The Morgan fingerprint density at radius 1 is 1.16 bits per heavy atom. The minimum absolute atomic E-state index is 0.144. The van der Waals surface area contributed by atoms with Crippen molar-refractivity contribution < 1.29 is 13.2 Å². The van der Waals surface area contributed by atoms with E-state index in [0.29, 0.717) is 16.3 Å². The standard InChI is InChI=1S/C22H24ClN3O3S2/c1-31(27,28)26-17-5-6-18(26)12-16(11-17)24-13-14-2-7-19(8-3-14)29-22-25-20-10-15(23)4-9-21(20)30-22/h2-4,7-10,16-18,24H,5-6,11-13H2,1H3. The molecular formula is C22H24ClN3O3S2. The SMILES string of the molecule is CS(=O)(=O)N1C2CCC1CC(NCc1ccc(Oc3nc4cc(Cl)ccc4s3)cc1)C2. The number of thiazole rings is 1. The lowest BCUT2D eigenvalue weighted by Crippen LogP contribution is -2.50. The highest BCUT2D eigenvalue weighted by Gasteiger charge is 2.44. The first-order chi connectivity index (χ1) is 14.8.